The first-order chi connectivity index (χ1) is 12.5. The molecule has 5 nitrogen and oxygen atoms in total. The number of aryl methyl sites for hydroxylation is 3. The number of benzene rings is 2. The second-order valence-corrected chi connectivity index (χ2v) is 7.23. The van der Waals surface area contributed by atoms with Crippen molar-refractivity contribution in [1.82, 2.24) is 15.2 Å². The van der Waals surface area contributed by atoms with E-state index in [2.05, 4.69) is 59.5 Å². The summed E-state index contributed by atoms with van der Waals surface area (Å²) in [5.74, 6) is 0.351. The number of nitrogens with one attached hydrogen (secondary N) is 1. The number of rotatable bonds is 4. The van der Waals surface area contributed by atoms with Crippen molar-refractivity contribution in [3.05, 3.63) is 63.8 Å². The number of hydrogen-bond donors (Lipinski definition) is 1. The van der Waals surface area contributed by atoms with Crippen molar-refractivity contribution in [3.8, 4) is 6.07 Å². The molecule has 0 bridgehead atoms. The van der Waals surface area contributed by atoms with Crippen molar-refractivity contribution < 1.29 is 0 Å². The molecule has 1 aromatic heterocycles. The number of aromatic nitrogens is 3. The molecule has 7 heteroatoms. The molecule has 0 saturated carbocycles. The lowest BCUT2D eigenvalue weighted by atomic mass is 10.1. The molecule has 0 aliphatic carbocycles. The van der Waals surface area contributed by atoms with Crippen LogP contribution >= 0.6 is 23.4 Å². The van der Waals surface area contributed by atoms with Gasteiger partial charge >= 0.3 is 0 Å². The van der Waals surface area contributed by atoms with E-state index in [9.17, 15) is 0 Å². The lowest BCUT2D eigenvalue weighted by molar-refractivity contribution is 0.914. The number of halogens is 1. The third-order valence-corrected chi connectivity index (χ3v) is 5.38. The van der Waals surface area contributed by atoms with Gasteiger partial charge < -0.3 is 5.32 Å². The molecule has 130 valence electrons. The predicted molar refractivity (Wildman–Crippen MR) is 104 cm³/mol. The minimum absolute atomic E-state index is 0.264. The van der Waals surface area contributed by atoms with Crippen LogP contribution in [0.3, 0.4) is 0 Å². The number of nitriles is 1. The molecule has 0 spiro atoms. The fourth-order valence-electron chi connectivity index (χ4n) is 2.60. The van der Waals surface area contributed by atoms with E-state index in [0.717, 1.165) is 10.6 Å². The number of nitrogens with zero attached hydrogens (tertiary/aromatic N) is 4. The van der Waals surface area contributed by atoms with Gasteiger partial charge in [-0.05, 0) is 56.2 Å². The lowest BCUT2D eigenvalue weighted by Crippen LogP contribution is -2.01. The maximum Gasteiger partial charge on any atom is 0.248 e. The first-order valence-corrected chi connectivity index (χ1v) is 9.09. The van der Waals surface area contributed by atoms with Crippen LogP contribution in [0.4, 0.5) is 11.6 Å². The molecule has 0 saturated heterocycles. The maximum absolute atomic E-state index is 8.86. The summed E-state index contributed by atoms with van der Waals surface area (Å²) in [7, 11) is 0. The van der Waals surface area contributed by atoms with Gasteiger partial charge in [0.15, 0.2) is 5.15 Å². The second-order valence-electron chi connectivity index (χ2n) is 5.88. The van der Waals surface area contributed by atoms with Gasteiger partial charge in [-0.1, -0.05) is 41.1 Å². The molecule has 1 heterocycles. The Morgan fingerprint density at radius 2 is 1.69 bits per heavy atom. The van der Waals surface area contributed by atoms with Crippen LogP contribution in [-0.4, -0.2) is 15.2 Å². The highest BCUT2D eigenvalue weighted by atomic mass is 35.5. The quantitative estimate of drug-likeness (QED) is 0.668. The van der Waals surface area contributed by atoms with Gasteiger partial charge in [-0.25, -0.2) is 4.98 Å². The highest BCUT2D eigenvalue weighted by Crippen LogP contribution is 2.35. The Balaban J connectivity index is 1.87. The van der Waals surface area contributed by atoms with Gasteiger partial charge in [-0.3, -0.25) is 0 Å². The average Bonchev–Trinajstić information content (AvgIpc) is 2.61. The fraction of sp³-hybridized carbons (Fsp3) is 0.158. The van der Waals surface area contributed by atoms with Crippen LogP contribution in [0.15, 0.2) is 46.3 Å². The minimum Gasteiger partial charge on any atom is -0.323 e. The van der Waals surface area contributed by atoms with E-state index >= 15 is 0 Å². The van der Waals surface area contributed by atoms with Gasteiger partial charge in [0.1, 0.15) is 5.03 Å². The summed E-state index contributed by atoms with van der Waals surface area (Å²) < 4.78 is 0. The molecule has 0 radical (unpaired) electrons. The number of anilines is 2. The van der Waals surface area contributed by atoms with E-state index in [0.29, 0.717) is 16.5 Å². The zero-order chi connectivity index (χ0) is 18.7. The van der Waals surface area contributed by atoms with E-state index < -0.39 is 0 Å². The zero-order valence-electron chi connectivity index (χ0n) is 14.5. The number of hydrogen-bond acceptors (Lipinski definition) is 6. The van der Waals surface area contributed by atoms with Crippen molar-refractivity contribution in [3.63, 3.8) is 0 Å². The van der Waals surface area contributed by atoms with Crippen molar-refractivity contribution in [2.75, 3.05) is 5.32 Å². The summed E-state index contributed by atoms with van der Waals surface area (Å²) in [6.45, 7) is 6.22. The highest BCUT2D eigenvalue weighted by molar-refractivity contribution is 7.99. The highest BCUT2D eigenvalue weighted by Gasteiger charge is 2.13. The molecule has 0 aliphatic heterocycles. The van der Waals surface area contributed by atoms with E-state index in [1.165, 1.54) is 28.5 Å². The van der Waals surface area contributed by atoms with Gasteiger partial charge in [0, 0.05) is 10.6 Å². The summed E-state index contributed by atoms with van der Waals surface area (Å²) >= 11 is 7.68. The summed E-state index contributed by atoms with van der Waals surface area (Å²) in [6.07, 6.45) is 0. The smallest absolute Gasteiger partial charge is 0.248 e. The Kier molecular flexibility index (Phi) is 5.40. The van der Waals surface area contributed by atoms with Crippen LogP contribution < -0.4 is 5.32 Å². The molecular formula is C19H16ClN5S. The van der Waals surface area contributed by atoms with E-state index in [1.807, 2.05) is 0 Å². The normalized spacial score (nSPS) is 10.4. The largest absolute Gasteiger partial charge is 0.323 e. The lowest BCUT2D eigenvalue weighted by Gasteiger charge is -2.11. The van der Waals surface area contributed by atoms with Gasteiger partial charge in [0.25, 0.3) is 0 Å². The molecule has 0 amide bonds. The van der Waals surface area contributed by atoms with Gasteiger partial charge in [-0.2, -0.15) is 5.26 Å². The van der Waals surface area contributed by atoms with Crippen LogP contribution in [0.25, 0.3) is 0 Å². The van der Waals surface area contributed by atoms with Crippen LogP contribution in [0.5, 0.6) is 0 Å². The van der Waals surface area contributed by atoms with E-state index in [1.54, 1.807) is 24.3 Å². The topological polar surface area (TPSA) is 74.5 Å². The summed E-state index contributed by atoms with van der Waals surface area (Å²) in [5.41, 5.74) is 4.92. The van der Waals surface area contributed by atoms with Crippen molar-refractivity contribution in [1.29, 1.82) is 5.26 Å². The third-order valence-electron chi connectivity index (χ3n) is 3.69. The van der Waals surface area contributed by atoms with Crippen molar-refractivity contribution >= 4 is 35.0 Å². The molecule has 3 rings (SSSR count). The first kappa shape index (κ1) is 18.2. The Hall–Kier alpha value is -2.62. The van der Waals surface area contributed by atoms with Crippen LogP contribution in [0.2, 0.25) is 5.15 Å². The van der Waals surface area contributed by atoms with Crippen molar-refractivity contribution in [2.45, 2.75) is 30.7 Å². The monoisotopic (exact) mass is 381 g/mol. The maximum atomic E-state index is 8.86. The molecule has 0 atom stereocenters. The van der Waals surface area contributed by atoms with Crippen LogP contribution in [0, 0.1) is 32.1 Å². The van der Waals surface area contributed by atoms with Crippen molar-refractivity contribution in [2.24, 2.45) is 0 Å². The molecule has 0 fully saturated rings. The van der Waals surface area contributed by atoms with Gasteiger partial charge in [-0.15, -0.1) is 10.2 Å². The summed E-state index contributed by atoms with van der Waals surface area (Å²) in [4.78, 5) is 5.60. The van der Waals surface area contributed by atoms with Crippen LogP contribution in [-0.2, 0) is 0 Å². The second kappa shape index (κ2) is 7.73. The SMILES string of the molecule is Cc1cc(C)c(Sc2nc(Nc3ccc(C#N)cc3)nnc2Cl)c(C)c1. The Morgan fingerprint density at radius 1 is 1.04 bits per heavy atom. The standard InChI is InChI=1S/C19H16ClN5S/c1-11-8-12(2)16(13(3)9-11)26-18-17(20)24-25-19(23-18)22-15-6-4-14(10-21)5-7-15/h4-9H,1-3H3,(H,22,23,25). The van der Waals surface area contributed by atoms with Gasteiger partial charge in [0.2, 0.25) is 5.95 Å². The molecule has 3 aromatic rings. The minimum atomic E-state index is 0.264. The Bertz CT molecular complexity index is 973. The van der Waals surface area contributed by atoms with Crippen LogP contribution in [0.1, 0.15) is 22.3 Å². The molecule has 26 heavy (non-hydrogen) atoms. The van der Waals surface area contributed by atoms with E-state index in [-0.39, 0.29) is 5.15 Å². The molecule has 0 unspecified atom stereocenters. The third kappa shape index (κ3) is 4.13. The summed E-state index contributed by atoms with van der Waals surface area (Å²) in [5, 5.41) is 20.8. The average molecular weight is 382 g/mol. The van der Waals surface area contributed by atoms with Gasteiger partial charge in [0.05, 0.1) is 11.6 Å². The Labute approximate surface area is 161 Å². The zero-order valence-corrected chi connectivity index (χ0v) is 16.1. The molecule has 2 aromatic carbocycles. The fourth-order valence-corrected chi connectivity index (χ4v) is 3.68. The molecular weight excluding hydrogens is 366 g/mol. The Morgan fingerprint density at radius 3 is 2.31 bits per heavy atom. The van der Waals surface area contributed by atoms with E-state index in [4.69, 9.17) is 16.9 Å². The first-order valence-electron chi connectivity index (χ1n) is 7.89. The molecule has 1 N–H and O–H groups in total. The predicted octanol–water partition coefficient (Wildman–Crippen LogP) is 5.22. The summed E-state index contributed by atoms with van der Waals surface area (Å²) in [6, 6.07) is 13.4. The molecule has 0 aliphatic rings.